The van der Waals surface area contributed by atoms with E-state index in [9.17, 15) is 41.3 Å². The minimum Gasteiger partial charge on any atom is -0.479 e. The molecule has 122 valence electrons. The fourth-order valence-electron chi connectivity index (χ4n) is 1.59. The lowest BCUT2D eigenvalue weighted by atomic mass is 9.98. The van der Waals surface area contributed by atoms with E-state index in [1.54, 1.807) is 0 Å². The largest absolute Gasteiger partial charge is 0.479 e. The molecule has 0 fully saturated rings. The fraction of sp³-hybridized carbons (Fsp3) is 0.300. The van der Waals surface area contributed by atoms with Gasteiger partial charge in [0, 0.05) is 0 Å². The zero-order chi connectivity index (χ0) is 17.5. The van der Waals surface area contributed by atoms with Crippen LogP contribution in [0.1, 0.15) is 22.8 Å². The number of carboxylic acids is 1. The Morgan fingerprint density at radius 1 is 1.09 bits per heavy atom. The molecule has 0 bridgehead atoms. The van der Waals surface area contributed by atoms with Crippen molar-refractivity contribution in [2.45, 2.75) is 18.5 Å². The van der Waals surface area contributed by atoms with Crippen LogP contribution in [-0.2, 0) is 17.1 Å². The summed E-state index contributed by atoms with van der Waals surface area (Å²) in [6.07, 6.45) is -13.8. The van der Waals surface area contributed by atoms with Gasteiger partial charge in [-0.3, -0.25) is 10.1 Å². The van der Waals surface area contributed by atoms with Gasteiger partial charge >= 0.3 is 18.3 Å². The summed E-state index contributed by atoms with van der Waals surface area (Å²) in [5, 5.41) is 28.1. The van der Waals surface area contributed by atoms with Gasteiger partial charge in [0.05, 0.1) is 4.92 Å². The molecule has 0 aromatic heterocycles. The summed E-state index contributed by atoms with van der Waals surface area (Å²) in [6.45, 7) is 0. The van der Waals surface area contributed by atoms with E-state index in [4.69, 9.17) is 10.2 Å². The Bertz CT molecular complexity index is 588. The lowest BCUT2D eigenvalue weighted by molar-refractivity contribution is -0.391. The molecule has 22 heavy (non-hydrogen) atoms. The molecule has 0 amide bonds. The number of hydrogen-bond donors (Lipinski definition) is 2. The van der Waals surface area contributed by atoms with Crippen molar-refractivity contribution in [1.29, 1.82) is 0 Å². The van der Waals surface area contributed by atoms with Crippen LogP contribution < -0.4 is 0 Å². The smallest absolute Gasteiger partial charge is 0.423 e. The van der Waals surface area contributed by atoms with E-state index in [-0.39, 0.29) is 12.1 Å². The first-order chi connectivity index (χ1) is 9.76. The molecule has 6 nitrogen and oxygen atoms in total. The second-order valence-corrected chi connectivity index (χ2v) is 3.96. The zero-order valence-corrected chi connectivity index (χ0v) is 10.1. The number of carbonyl (C=O) groups is 1. The summed E-state index contributed by atoms with van der Waals surface area (Å²) in [5.74, 6) is -2.12. The Hall–Kier alpha value is -2.37. The Kier molecular flexibility index (Phi) is 4.37. The maximum Gasteiger partial charge on any atom is 0.423 e. The number of rotatable bonds is 3. The molecule has 1 atom stereocenters. The van der Waals surface area contributed by atoms with Crippen molar-refractivity contribution in [2.24, 2.45) is 0 Å². The lowest BCUT2D eigenvalue weighted by Crippen LogP contribution is -2.19. The third kappa shape index (κ3) is 3.44. The SMILES string of the molecule is O=C(O)C(O)c1cc(C(F)(F)F)c([N+](=O)[O-])c(C(F)(F)F)c1. The quantitative estimate of drug-likeness (QED) is 0.503. The summed E-state index contributed by atoms with van der Waals surface area (Å²) in [4.78, 5) is 19.2. The highest BCUT2D eigenvalue weighted by molar-refractivity contribution is 5.74. The molecule has 0 heterocycles. The summed E-state index contributed by atoms with van der Waals surface area (Å²) < 4.78 is 76.3. The molecule has 0 saturated heterocycles. The van der Waals surface area contributed by atoms with Crippen LogP contribution in [0.2, 0.25) is 0 Å². The minimum atomic E-state index is -5.56. The Balaban J connectivity index is 3.84. The number of hydrogen-bond acceptors (Lipinski definition) is 4. The summed E-state index contributed by atoms with van der Waals surface area (Å²) in [6, 6.07) is -0.404. The number of nitro groups is 1. The Morgan fingerprint density at radius 3 is 1.68 bits per heavy atom. The third-order valence-corrected chi connectivity index (χ3v) is 2.48. The molecular formula is C10H5F6NO5. The number of nitro benzene ring substituents is 1. The molecule has 1 rings (SSSR count). The van der Waals surface area contributed by atoms with Crippen molar-refractivity contribution in [3.05, 3.63) is 38.9 Å². The molecule has 0 saturated carbocycles. The van der Waals surface area contributed by atoms with Crippen LogP contribution in [0.25, 0.3) is 0 Å². The normalized spacial score (nSPS) is 13.8. The second-order valence-electron chi connectivity index (χ2n) is 3.96. The molecule has 0 aliphatic rings. The zero-order valence-electron chi connectivity index (χ0n) is 10.1. The van der Waals surface area contributed by atoms with Crippen LogP contribution in [0.15, 0.2) is 12.1 Å². The predicted molar refractivity (Wildman–Crippen MR) is 55.7 cm³/mol. The van der Waals surface area contributed by atoms with Gasteiger partial charge in [-0.05, 0) is 17.7 Å². The van der Waals surface area contributed by atoms with Crippen LogP contribution in [0.5, 0.6) is 0 Å². The van der Waals surface area contributed by atoms with E-state index in [1.165, 1.54) is 0 Å². The van der Waals surface area contributed by atoms with Gasteiger partial charge in [-0.15, -0.1) is 0 Å². The van der Waals surface area contributed by atoms with Crippen LogP contribution in [0, 0.1) is 10.1 Å². The van der Waals surface area contributed by atoms with Crippen LogP contribution >= 0.6 is 0 Å². The van der Waals surface area contributed by atoms with E-state index in [0.717, 1.165) is 0 Å². The highest BCUT2D eigenvalue weighted by Crippen LogP contribution is 2.45. The number of alkyl halides is 6. The molecule has 1 aromatic carbocycles. The highest BCUT2D eigenvalue weighted by atomic mass is 19.4. The van der Waals surface area contributed by atoms with Crippen molar-refractivity contribution in [3.63, 3.8) is 0 Å². The Labute approximate surface area is 116 Å². The Morgan fingerprint density at radius 2 is 1.45 bits per heavy atom. The van der Waals surface area contributed by atoms with E-state index >= 15 is 0 Å². The fourth-order valence-corrected chi connectivity index (χ4v) is 1.59. The van der Waals surface area contributed by atoms with Crippen molar-refractivity contribution < 1.29 is 46.3 Å². The van der Waals surface area contributed by atoms with E-state index < -0.39 is 51.7 Å². The second kappa shape index (κ2) is 5.44. The number of nitrogens with zero attached hydrogens (tertiary/aromatic N) is 1. The number of aliphatic hydroxyl groups is 1. The average molecular weight is 333 g/mol. The maximum absolute atomic E-state index is 12.7. The molecule has 12 heteroatoms. The topological polar surface area (TPSA) is 101 Å². The van der Waals surface area contributed by atoms with Crippen LogP contribution in [-0.4, -0.2) is 21.1 Å². The predicted octanol–water partition coefficient (Wildman–Crippen LogP) is 2.75. The highest BCUT2D eigenvalue weighted by Gasteiger charge is 2.47. The van der Waals surface area contributed by atoms with Crippen molar-refractivity contribution in [2.75, 3.05) is 0 Å². The third-order valence-electron chi connectivity index (χ3n) is 2.48. The molecule has 0 aliphatic carbocycles. The van der Waals surface area contributed by atoms with Gasteiger partial charge in [0.1, 0.15) is 11.1 Å². The minimum absolute atomic E-state index is 0.202. The summed E-state index contributed by atoms with van der Waals surface area (Å²) >= 11 is 0. The van der Waals surface area contributed by atoms with Gasteiger partial charge in [0.25, 0.3) is 5.69 Å². The van der Waals surface area contributed by atoms with Gasteiger partial charge in [-0.2, -0.15) is 26.3 Å². The van der Waals surface area contributed by atoms with E-state index in [2.05, 4.69) is 0 Å². The number of halogens is 6. The van der Waals surface area contributed by atoms with E-state index in [1.807, 2.05) is 0 Å². The summed E-state index contributed by atoms with van der Waals surface area (Å²) in [5.41, 5.74) is -8.15. The van der Waals surface area contributed by atoms with E-state index in [0.29, 0.717) is 0 Å². The van der Waals surface area contributed by atoms with Gasteiger partial charge in [0.15, 0.2) is 6.10 Å². The standard InChI is InChI=1S/C10H5F6NO5/c11-9(12,13)4-1-3(7(18)8(19)20)2-5(10(14,15)16)6(4)17(21)22/h1-2,7,18H,(H,19,20). The van der Waals surface area contributed by atoms with Crippen LogP contribution in [0.3, 0.4) is 0 Å². The first kappa shape index (κ1) is 17.7. The molecule has 0 radical (unpaired) electrons. The average Bonchev–Trinajstić information content (AvgIpc) is 2.33. The molecular weight excluding hydrogens is 328 g/mol. The van der Waals surface area contributed by atoms with Gasteiger partial charge in [0.2, 0.25) is 0 Å². The number of carboxylic acid groups (broad SMARTS) is 1. The monoisotopic (exact) mass is 333 g/mol. The van der Waals surface area contributed by atoms with Gasteiger partial charge < -0.3 is 10.2 Å². The molecule has 1 aromatic rings. The van der Waals surface area contributed by atoms with Crippen molar-refractivity contribution in [3.8, 4) is 0 Å². The number of benzene rings is 1. The number of aliphatic hydroxyl groups excluding tert-OH is 1. The first-order valence-corrected chi connectivity index (χ1v) is 5.14. The molecule has 0 spiro atoms. The first-order valence-electron chi connectivity index (χ1n) is 5.14. The van der Waals surface area contributed by atoms with Gasteiger partial charge in [-0.25, -0.2) is 4.79 Å². The lowest BCUT2D eigenvalue weighted by Gasteiger charge is -2.16. The molecule has 0 aliphatic heterocycles. The van der Waals surface area contributed by atoms with Crippen molar-refractivity contribution >= 4 is 11.7 Å². The molecule has 1 unspecified atom stereocenters. The summed E-state index contributed by atoms with van der Waals surface area (Å²) in [7, 11) is 0. The number of aliphatic carboxylic acids is 1. The molecule has 2 N–H and O–H groups in total. The van der Waals surface area contributed by atoms with Gasteiger partial charge in [-0.1, -0.05) is 0 Å². The maximum atomic E-state index is 12.7. The van der Waals surface area contributed by atoms with Crippen molar-refractivity contribution in [1.82, 2.24) is 0 Å². The van der Waals surface area contributed by atoms with Crippen LogP contribution in [0.4, 0.5) is 32.0 Å².